The highest BCUT2D eigenvalue weighted by atomic mass is 16.5. The molecule has 0 unspecified atom stereocenters. The third kappa shape index (κ3) is 2.04. The molecule has 1 aliphatic carbocycles. The van der Waals surface area contributed by atoms with Gasteiger partial charge in [0.1, 0.15) is 5.75 Å². The van der Waals surface area contributed by atoms with Crippen molar-refractivity contribution < 1.29 is 14.6 Å². The smallest absolute Gasteiger partial charge is 0.362 e. The number of hydrogen-bond donors (Lipinski definition) is 2. The van der Waals surface area contributed by atoms with Crippen LogP contribution in [0.5, 0.6) is 11.6 Å². The molecule has 1 saturated carbocycles. The summed E-state index contributed by atoms with van der Waals surface area (Å²) in [4.78, 5) is 10.9. The number of rotatable bonds is 4. The van der Waals surface area contributed by atoms with Crippen molar-refractivity contribution in [3.8, 4) is 11.6 Å². The van der Waals surface area contributed by atoms with Crippen molar-refractivity contribution in [2.45, 2.75) is 18.8 Å². The molecule has 0 atom stereocenters. The van der Waals surface area contributed by atoms with Gasteiger partial charge in [0.2, 0.25) is 5.69 Å². The molecular weight excluding hydrogens is 234 g/mol. The zero-order valence-corrected chi connectivity index (χ0v) is 9.46. The molecule has 1 heterocycles. The van der Waals surface area contributed by atoms with Crippen LogP contribution in [-0.2, 0) is 0 Å². The number of aromatic nitrogens is 3. The number of aromatic amines is 1. The Kier molecular flexibility index (Phi) is 2.47. The first-order valence-electron chi connectivity index (χ1n) is 5.66. The predicted octanol–water partition coefficient (Wildman–Crippen LogP) is 2.17. The van der Waals surface area contributed by atoms with Crippen LogP contribution in [-0.4, -0.2) is 26.5 Å². The van der Waals surface area contributed by atoms with E-state index in [0.29, 0.717) is 11.7 Å². The minimum atomic E-state index is -1.17. The molecule has 2 aromatic rings. The van der Waals surface area contributed by atoms with Crippen molar-refractivity contribution in [1.29, 1.82) is 0 Å². The first-order chi connectivity index (χ1) is 8.74. The third-order valence-corrected chi connectivity index (χ3v) is 2.85. The summed E-state index contributed by atoms with van der Waals surface area (Å²) < 4.78 is 5.47. The number of carbonyl (C=O) groups is 1. The molecule has 2 N–H and O–H groups in total. The van der Waals surface area contributed by atoms with Crippen molar-refractivity contribution in [2.24, 2.45) is 0 Å². The summed E-state index contributed by atoms with van der Waals surface area (Å²) in [5.74, 6) is 0.0906. The minimum Gasteiger partial charge on any atom is -0.476 e. The van der Waals surface area contributed by atoms with Crippen LogP contribution < -0.4 is 4.74 Å². The molecule has 0 saturated heterocycles. The van der Waals surface area contributed by atoms with Crippen LogP contribution in [0.1, 0.15) is 34.8 Å². The number of nitrogens with zero attached hydrogens (tertiary/aromatic N) is 2. The highest BCUT2D eigenvalue weighted by molar-refractivity contribution is 5.87. The molecule has 0 radical (unpaired) electrons. The Morgan fingerprint density at radius 2 is 2.28 bits per heavy atom. The number of nitrogens with one attached hydrogen (secondary N) is 1. The molecule has 6 heteroatoms. The van der Waals surface area contributed by atoms with Gasteiger partial charge in [-0.1, -0.05) is 17.3 Å². The zero-order valence-electron chi connectivity index (χ0n) is 9.46. The number of carboxylic acids is 1. The summed E-state index contributed by atoms with van der Waals surface area (Å²) in [6.07, 6.45) is 2.41. The predicted molar refractivity (Wildman–Crippen MR) is 61.8 cm³/mol. The lowest BCUT2D eigenvalue weighted by Gasteiger charge is -2.05. The quantitative estimate of drug-likeness (QED) is 0.861. The molecule has 18 heavy (non-hydrogen) atoms. The van der Waals surface area contributed by atoms with Crippen LogP contribution in [0, 0.1) is 0 Å². The summed E-state index contributed by atoms with van der Waals surface area (Å²) in [6.45, 7) is 0. The van der Waals surface area contributed by atoms with Gasteiger partial charge in [0.25, 0.3) is 5.88 Å². The van der Waals surface area contributed by atoms with Crippen molar-refractivity contribution >= 4 is 5.97 Å². The molecule has 0 amide bonds. The SMILES string of the molecule is O=C(O)c1nn[nH]c1Oc1cccc(C2CC2)c1. The van der Waals surface area contributed by atoms with Gasteiger partial charge in [0.15, 0.2) is 0 Å². The summed E-state index contributed by atoms with van der Waals surface area (Å²) in [6, 6.07) is 7.64. The molecule has 92 valence electrons. The van der Waals surface area contributed by atoms with E-state index in [9.17, 15) is 4.79 Å². The Morgan fingerprint density at radius 3 is 3.00 bits per heavy atom. The monoisotopic (exact) mass is 245 g/mol. The fourth-order valence-electron chi connectivity index (χ4n) is 1.80. The Morgan fingerprint density at radius 1 is 1.44 bits per heavy atom. The Hall–Kier alpha value is -2.37. The average Bonchev–Trinajstić information content (AvgIpc) is 3.10. The summed E-state index contributed by atoms with van der Waals surface area (Å²) in [7, 11) is 0. The summed E-state index contributed by atoms with van der Waals surface area (Å²) >= 11 is 0. The van der Waals surface area contributed by atoms with Crippen molar-refractivity contribution in [3.05, 3.63) is 35.5 Å². The van der Waals surface area contributed by atoms with E-state index >= 15 is 0 Å². The maximum atomic E-state index is 10.9. The van der Waals surface area contributed by atoms with Crippen molar-refractivity contribution in [3.63, 3.8) is 0 Å². The van der Waals surface area contributed by atoms with Gasteiger partial charge in [0, 0.05) is 0 Å². The van der Waals surface area contributed by atoms with E-state index in [2.05, 4.69) is 15.4 Å². The summed E-state index contributed by atoms with van der Waals surface area (Å²) in [5, 5.41) is 18.2. The molecule has 0 aliphatic heterocycles. The second-order valence-electron chi connectivity index (χ2n) is 4.24. The molecule has 1 aromatic heterocycles. The van der Waals surface area contributed by atoms with Gasteiger partial charge in [0.05, 0.1) is 0 Å². The molecular formula is C12H11N3O3. The highest BCUT2D eigenvalue weighted by Gasteiger charge is 2.24. The van der Waals surface area contributed by atoms with Gasteiger partial charge >= 0.3 is 5.97 Å². The fourth-order valence-corrected chi connectivity index (χ4v) is 1.80. The maximum Gasteiger partial charge on any atom is 0.362 e. The molecule has 0 bridgehead atoms. The first kappa shape index (κ1) is 10.8. The van der Waals surface area contributed by atoms with Crippen molar-refractivity contribution in [2.75, 3.05) is 0 Å². The van der Waals surface area contributed by atoms with Gasteiger partial charge in [-0.2, -0.15) is 0 Å². The molecule has 1 aromatic carbocycles. The first-order valence-corrected chi connectivity index (χ1v) is 5.66. The van der Waals surface area contributed by atoms with Crippen LogP contribution in [0.25, 0.3) is 0 Å². The molecule has 6 nitrogen and oxygen atoms in total. The van der Waals surface area contributed by atoms with Crippen molar-refractivity contribution in [1.82, 2.24) is 15.4 Å². The van der Waals surface area contributed by atoms with Crippen LogP contribution in [0.15, 0.2) is 24.3 Å². The number of aromatic carboxylic acids is 1. The number of benzene rings is 1. The van der Waals surface area contributed by atoms with Gasteiger partial charge in [-0.25, -0.2) is 9.89 Å². The second kappa shape index (κ2) is 4.14. The van der Waals surface area contributed by atoms with E-state index in [1.807, 2.05) is 18.2 Å². The van der Waals surface area contributed by atoms with Gasteiger partial charge in [-0.15, -0.1) is 5.10 Å². The van der Waals surface area contributed by atoms with E-state index in [1.54, 1.807) is 6.07 Å². The van der Waals surface area contributed by atoms with Crippen LogP contribution in [0.4, 0.5) is 0 Å². The van der Waals surface area contributed by atoms with E-state index in [4.69, 9.17) is 9.84 Å². The third-order valence-electron chi connectivity index (χ3n) is 2.85. The second-order valence-corrected chi connectivity index (χ2v) is 4.24. The standard InChI is InChI=1S/C12H11N3O3/c16-12(17)10-11(14-15-13-10)18-9-3-1-2-8(6-9)7-4-5-7/h1-3,6-7H,4-5H2,(H,16,17)(H,13,14,15). The Balaban J connectivity index is 1.85. The van der Waals surface area contributed by atoms with Crippen LogP contribution in [0.3, 0.4) is 0 Å². The lowest BCUT2D eigenvalue weighted by Crippen LogP contribution is -1.99. The Bertz CT molecular complexity index is 590. The summed E-state index contributed by atoms with van der Waals surface area (Å²) in [5.41, 5.74) is 1.00. The van der Waals surface area contributed by atoms with E-state index in [-0.39, 0.29) is 11.6 Å². The van der Waals surface area contributed by atoms with E-state index < -0.39 is 5.97 Å². The van der Waals surface area contributed by atoms with Gasteiger partial charge < -0.3 is 9.84 Å². The van der Waals surface area contributed by atoms with Gasteiger partial charge in [-0.05, 0) is 36.5 Å². The number of carboxylic acid groups (broad SMARTS) is 1. The number of H-pyrrole nitrogens is 1. The lowest BCUT2D eigenvalue weighted by molar-refractivity contribution is 0.0687. The lowest BCUT2D eigenvalue weighted by atomic mass is 10.1. The fraction of sp³-hybridized carbons (Fsp3) is 0.250. The van der Waals surface area contributed by atoms with E-state index in [1.165, 1.54) is 18.4 Å². The van der Waals surface area contributed by atoms with E-state index in [0.717, 1.165) is 0 Å². The van der Waals surface area contributed by atoms with Crippen LogP contribution in [0.2, 0.25) is 0 Å². The number of hydrogen-bond acceptors (Lipinski definition) is 4. The highest BCUT2D eigenvalue weighted by Crippen LogP contribution is 2.41. The molecule has 1 aliphatic rings. The maximum absolute atomic E-state index is 10.9. The normalized spacial score (nSPS) is 14.4. The largest absolute Gasteiger partial charge is 0.476 e. The van der Waals surface area contributed by atoms with Gasteiger partial charge in [-0.3, -0.25) is 0 Å². The zero-order chi connectivity index (χ0) is 12.5. The molecule has 3 rings (SSSR count). The minimum absolute atomic E-state index is 0.0513. The topological polar surface area (TPSA) is 88.1 Å². The Labute approximate surface area is 103 Å². The van der Waals surface area contributed by atoms with Crippen LogP contribution >= 0.6 is 0 Å². The molecule has 1 fully saturated rings. The molecule has 0 spiro atoms. The number of ether oxygens (including phenoxy) is 1. The average molecular weight is 245 g/mol.